The van der Waals surface area contributed by atoms with Gasteiger partial charge in [-0.05, 0) is 52.8 Å². The maximum absolute atomic E-state index is 12.8. The van der Waals surface area contributed by atoms with Crippen LogP contribution in [0.25, 0.3) is 5.69 Å². The lowest BCUT2D eigenvalue weighted by Gasteiger charge is -2.17. The van der Waals surface area contributed by atoms with Crippen LogP contribution in [-0.4, -0.2) is 46.4 Å². The third-order valence-corrected chi connectivity index (χ3v) is 5.46. The molecule has 3 aromatic rings. The van der Waals surface area contributed by atoms with Crippen LogP contribution >= 0.6 is 0 Å². The predicted molar refractivity (Wildman–Crippen MR) is 118 cm³/mol. The summed E-state index contributed by atoms with van der Waals surface area (Å²) in [6, 6.07) is 11.5. The van der Waals surface area contributed by atoms with Crippen LogP contribution in [-0.2, 0) is 9.47 Å². The number of hydrogen-bond acceptors (Lipinski definition) is 5. The fourth-order valence-electron chi connectivity index (χ4n) is 4.09. The molecular formula is C24H29N3O4. The minimum atomic E-state index is -0.549. The van der Waals surface area contributed by atoms with Gasteiger partial charge in [0.05, 0.1) is 29.7 Å². The summed E-state index contributed by atoms with van der Waals surface area (Å²) < 4.78 is 14.4. The first-order chi connectivity index (χ1) is 14.8. The Morgan fingerprint density at radius 3 is 2.39 bits per heavy atom. The van der Waals surface area contributed by atoms with Gasteiger partial charge in [-0.1, -0.05) is 18.2 Å². The van der Waals surface area contributed by atoms with Crippen molar-refractivity contribution in [1.29, 1.82) is 0 Å². The summed E-state index contributed by atoms with van der Waals surface area (Å²) in [6.07, 6.45) is 0. The largest absolute Gasteiger partial charge is 0.454 e. The Bertz CT molecular complexity index is 1100. The lowest BCUT2D eigenvalue weighted by atomic mass is 10.1. The number of ether oxygens (including phenoxy) is 2. The number of carbonyl (C=O) groups excluding carboxylic acids is 2. The molecule has 2 heterocycles. The summed E-state index contributed by atoms with van der Waals surface area (Å²) >= 11 is 0. The van der Waals surface area contributed by atoms with E-state index in [0.717, 1.165) is 17.1 Å². The SMILES string of the molecule is COC[C@H](C)n1c(C)cc(C(=O)COC(=O)c2c(C)nn(-c3ccccc3)c2C)c1C. The first kappa shape index (κ1) is 22.5. The Labute approximate surface area is 182 Å². The first-order valence-electron chi connectivity index (χ1n) is 10.3. The van der Waals surface area contributed by atoms with Crippen molar-refractivity contribution in [3.8, 4) is 5.69 Å². The number of methoxy groups -OCH3 is 1. The summed E-state index contributed by atoms with van der Waals surface area (Å²) in [5.41, 5.74) is 4.84. The minimum absolute atomic E-state index is 0.100. The molecule has 0 radical (unpaired) electrons. The average molecular weight is 424 g/mol. The fraction of sp³-hybridized carbons (Fsp3) is 0.375. The second-order valence-corrected chi connectivity index (χ2v) is 7.75. The van der Waals surface area contributed by atoms with Crippen LogP contribution in [0.3, 0.4) is 0 Å². The number of aromatic nitrogens is 3. The lowest BCUT2D eigenvalue weighted by Crippen LogP contribution is -2.17. The van der Waals surface area contributed by atoms with Gasteiger partial charge in [-0.25, -0.2) is 9.48 Å². The Morgan fingerprint density at radius 1 is 1.06 bits per heavy atom. The van der Waals surface area contributed by atoms with Crippen molar-refractivity contribution in [3.05, 3.63) is 70.3 Å². The molecule has 0 saturated heterocycles. The Morgan fingerprint density at radius 2 is 1.74 bits per heavy atom. The third-order valence-electron chi connectivity index (χ3n) is 5.46. The lowest BCUT2D eigenvalue weighted by molar-refractivity contribution is 0.0473. The van der Waals surface area contributed by atoms with E-state index < -0.39 is 5.97 Å². The zero-order valence-electron chi connectivity index (χ0n) is 18.9. The number of Topliss-reactive ketones (excluding diaryl/α,β-unsaturated/α-hetero) is 1. The normalized spacial score (nSPS) is 12.1. The molecular weight excluding hydrogens is 394 g/mol. The second-order valence-electron chi connectivity index (χ2n) is 7.75. The molecule has 0 aliphatic carbocycles. The molecule has 7 nitrogen and oxygen atoms in total. The molecule has 0 aliphatic heterocycles. The van der Waals surface area contributed by atoms with Gasteiger partial charge in [0.1, 0.15) is 5.56 Å². The van der Waals surface area contributed by atoms with Crippen LogP contribution in [0.2, 0.25) is 0 Å². The summed E-state index contributed by atoms with van der Waals surface area (Å²) in [4.78, 5) is 25.6. The summed E-state index contributed by atoms with van der Waals surface area (Å²) in [5.74, 6) is -0.782. The zero-order valence-corrected chi connectivity index (χ0v) is 18.9. The number of benzene rings is 1. The number of para-hydroxylation sites is 1. The van der Waals surface area contributed by atoms with Gasteiger partial charge < -0.3 is 14.0 Å². The maximum atomic E-state index is 12.8. The molecule has 0 spiro atoms. The fourth-order valence-corrected chi connectivity index (χ4v) is 4.09. The molecule has 0 amide bonds. The van der Waals surface area contributed by atoms with E-state index in [1.807, 2.05) is 64.1 Å². The highest BCUT2D eigenvalue weighted by molar-refractivity contribution is 6.00. The maximum Gasteiger partial charge on any atom is 0.342 e. The first-order valence-corrected chi connectivity index (χ1v) is 10.3. The van der Waals surface area contributed by atoms with Gasteiger partial charge in [0.2, 0.25) is 5.78 Å². The Kier molecular flexibility index (Phi) is 6.75. The molecule has 0 bridgehead atoms. The van der Waals surface area contributed by atoms with E-state index in [9.17, 15) is 9.59 Å². The molecule has 0 aliphatic rings. The molecule has 7 heteroatoms. The van der Waals surface area contributed by atoms with Crippen molar-refractivity contribution in [2.24, 2.45) is 0 Å². The number of aryl methyl sites for hydroxylation is 2. The number of rotatable bonds is 8. The highest BCUT2D eigenvalue weighted by Gasteiger charge is 2.23. The topological polar surface area (TPSA) is 75.3 Å². The standard InChI is InChI=1S/C24H29N3O4/c1-15-12-21(18(4)26(15)16(2)13-30-6)22(28)14-31-24(29)23-17(3)25-27(19(23)5)20-10-8-7-9-11-20/h7-12,16H,13-14H2,1-6H3/t16-/m0/s1. The average Bonchev–Trinajstić information content (AvgIpc) is 3.21. The molecule has 0 fully saturated rings. The number of nitrogens with zero attached hydrogens (tertiary/aromatic N) is 3. The number of ketones is 1. The van der Waals surface area contributed by atoms with E-state index in [1.165, 1.54) is 0 Å². The third kappa shape index (κ3) is 4.46. The van der Waals surface area contributed by atoms with Gasteiger partial charge in [-0.15, -0.1) is 0 Å². The van der Waals surface area contributed by atoms with E-state index in [0.29, 0.717) is 29.1 Å². The molecule has 3 rings (SSSR count). The number of carbonyl (C=O) groups is 2. The van der Waals surface area contributed by atoms with E-state index in [4.69, 9.17) is 9.47 Å². The zero-order chi connectivity index (χ0) is 22.7. The number of esters is 1. The Balaban J connectivity index is 1.76. The van der Waals surface area contributed by atoms with Gasteiger partial charge in [0, 0.05) is 24.1 Å². The van der Waals surface area contributed by atoms with Crippen molar-refractivity contribution in [2.45, 2.75) is 40.7 Å². The molecule has 0 N–H and O–H groups in total. The van der Waals surface area contributed by atoms with Crippen LogP contribution < -0.4 is 0 Å². The predicted octanol–water partition coefficient (Wildman–Crippen LogP) is 4.15. The van der Waals surface area contributed by atoms with Gasteiger partial charge in [0.15, 0.2) is 6.61 Å². The van der Waals surface area contributed by atoms with Crippen molar-refractivity contribution in [2.75, 3.05) is 20.3 Å². The van der Waals surface area contributed by atoms with Gasteiger partial charge >= 0.3 is 5.97 Å². The minimum Gasteiger partial charge on any atom is -0.454 e. The van der Waals surface area contributed by atoms with Crippen LogP contribution in [0.15, 0.2) is 36.4 Å². The summed E-state index contributed by atoms with van der Waals surface area (Å²) in [5, 5.41) is 4.47. The highest BCUT2D eigenvalue weighted by Crippen LogP contribution is 2.22. The van der Waals surface area contributed by atoms with Crippen molar-refractivity contribution in [1.82, 2.24) is 14.3 Å². The monoisotopic (exact) mass is 423 g/mol. The highest BCUT2D eigenvalue weighted by atomic mass is 16.5. The quantitative estimate of drug-likeness (QED) is 0.402. The molecule has 164 valence electrons. The van der Waals surface area contributed by atoms with Crippen LogP contribution in [0.4, 0.5) is 0 Å². The molecule has 0 unspecified atom stereocenters. The Hall–Kier alpha value is -3.19. The van der Waals surface area contributed by atoms with Gasteiger partial charge in [-0.2, -0.15) is 5.10 Å². The van der Waals surface area contributed by atoms with Crippen molar-refractivity contribution >= 4 is 11.8 Å². The van der Waals surface area contributed by atoms with Crippen molar-refractivity contribution in [3.63, 3.8) is 0 Å². The molecule has 2 aromatic heterocycles. The van der Waals surface area contributed by atoms with Crippen LogP contribution in [0, 0.1) is 27.7 Å². The van der Waals surface area contributed by atoms with E-state index in [2.05, 4.69) is 9.67 Å². The van der Waals surface area contributed by atoms with E-state index in [1.54, 1.807) is 18.7 Å². The van der Waals surface area contributed by atoms with Crippen LogP contribution in [0.5, 0.6) is 0 Å². The second kappa shape index (κ2) is 9.31. The molecule has 0 saturated carbocycles. The van der Waals surface area contributed by atoms with E-state index >= 15 is 0 Å². The molecule has 1 aromatic carbocycles. The van der Waals surface area contributed by atoms with Gasteiger partial charge in [-0.3, -0.25) is 4.79 Å². The smallest absolute Gasteiger partial charge is 0.342 e. The summed E-state index contributed by atoms with van der Waals surface area (Å²) in [6.45, 7) is 9.68. The number of hydrogen-bond donors (Lipinski definition) is 0. The van der Waals surface area contributed by atoms with E-state index in [-0.39, 0.29) is 18.4 Å². The molecule has 1 atom stereocenters. The van der Waals surface area contributed by atoms with Gasteiger partial charge in [0.25, 0.3) is 0 Å². The molecule has 31 heavy (non-hydrogen) atoms. The van der Waals surface area contributed by atoms with Crippen LogP contribution in [0.1, 0.15) is 56.5 Å². The summed E-state index contributed by atoms with van der Waals surface area (Å²) in [7, 11) is 1.65. The van der Waals surface area contributed by atoms with Crippen molar-refractivity contribution < 1.29 is 19.1 Å².